The first-order valence-electron chi connectivity index (χ1n) is 5.64. The van der Waals surface area contributed by atoms with Crippen LogP contribution in [0.25, 0.3) is 0 Å². The summed E-state index contributed by atoms with van der Waals surface area (Å²) in [5.41, 5.74) is 0.993. The second-order valence-corrected chi connectivity index (χ2v) is 6.06. The van der Waals surface area contributed by atoms with Gasteiger partial charge in [0.25, 0.3) is 0 Å². The molecule has 0 heterocycles. The zero-order valence-electron chi connectivity index (χ0n) is 10.6. The Morgan fingerprint density at radius 2 is 1.83 bits per heavy atom. The summed E-state index contributed by atoms with van der Waals surface area (Å²) in [5, 5.41) is 5.52. The fraction of sp³-hybridized carbons (Fsp3) is 0.417. The van der Waals surface area contributed by atoms with Crippen LogP contribution in [0.3, 0.4) is 0 Å². The van der Waals surface area contributed by atoms with Crippen molar-refractivity contribution in [2.45, 2.75) is 11.3 Å². The van der Waals surface area contributed by atoms with E-state index in [1.807, 2.05) is 0 Å². The Balaban J connectivity index is 2.47. The fourth-order valence-corrected chi connectivity index (χ4v) is 2.10. The Labute approximate surface area is 108 Å². The van der Waals surface area contributed by atoms with Crippen molar-refractivity contribution in [3.63, 3.8) is 0 Å². The van der Waals surface area contributed by atoms with Gasteiger partial charge in [-0.25, -0.2) is 8.42 Å². The molecule has 0 spiro atoms. The molecule has 1 rings (SSSR count). The number of carbonyl (C=O) groups is 1. The molecule has 0 aliphatic rings. The highest BCUT2D eigenvalue weighted by atomic mass is 32.2. The molecule has 2 N–H and O–H groups in total. The average molecular weight is 270 g/mol. The molecule has 0 unspecified atom stereocenters. The first-order valence-corrected chi connectivity index (χ1v) is 7.53. The standard InChI is InChI=1S/C12H18N2O3S/c1-13-9-12(15)14-8-7-10-3-5-11(6-4-10)18(2,16)17/h3-6,13H,7-9H2,1-2H3,(H,14,15). The van der Waals surface area contributed by atoms with E-state index < -0.39 is 9.84 Å². The predicted molar refractivity (Wildman–Crippen MR) is 70.2 cm³/mol. The molecule has 0 fully saturated rings. The Hall–Kier alpha value is -1.40. The Morgan fingerprint density at radius 1 is 1.22 bits per heavy atom. The summed E-state index contributed by atoms with van der Waals surface area (Å²) in [7, 11) is -1.43. The third-order valence-corrected chi connectivity index (χ3v) is 3.55. The maximum Gasteiger partial charge on any atom is 0.233 e. The number of rotatable bonds is 6. The molecule has 1 aromatic carbocycles. The van der Waals surface area contributed by atoms with E-state index in [0.717, 1.165) is 5.56 Å². The van der Waals surface area contributed by atoms with Crippen molar-refractivity contribution in [2.75, 3.05) is 26.4 Å². The van der Waals surface area contributed by atoms with E-state index in [-0.39, 0.29) is 5.91 Å². The molecule has 0 radical (unpaired) electrons. The van der Waals surface area contributed by atoms with Gasteiger partial charge in [-0.15, -0.1) is 0 Å². The number of carbonyl (C=O) groups excluding carboxylic acids is 1. The monoisotopic (exact) mass is 270 g/mol. The van der Waals surface area contributed by atoms with Crippen LogP contribution in [0.4, 0.5) is 0 Å². The van der Waals surface area contributed by atoms with E-state index in [2.05, 4.69) is 10.6 Å². The molecular weight excluding hydrogens is 252 g/mol. The van der Waals surface area contributed by atoms with Gasteiger partial charge in [-0.05, 0) is 31.2 Å². The minimum absolute atomic E-state index is 0.0507. The first kappa shape index (κ1) is 14.7. The fourth-order valence-electron chi connectivity index (χ4n) is 1.47. The summed E-state index contributed by atoms with van der Waals surface area (Å²) >= 11 is 0. The Bertz CT molecular complexity index is 495. The average Bonchev–Trinajstić information content (AvgIpc) is 2.29. The largest absolute Gasteiger partial charge is 0.355 e. The topological polar surface area (TPSA) is 75.3 Å². The van der Waals surface area contributed by atoms with Crippen molar-refractivity contribution < 1.29 is 13.2 Å². The first-order chi connectivity index (χ1) is 8.43. The summed E-state index contributed by atoms with van der Waals surface area (Å²) < 4.78 is 22.5. The normalized spacial score (nSPS) is 11.2. The van der Waals surface area contributed by atoms with Gasteiger partial charge in [0, 0.05) is 12.8 Å². The molecule has 0 aliphatic carbocycles. The molecule has 0 bridgehead atoms. The van der Waals surface area contributed by atoms with Gasteiger partial charge in [0.05, 0.1) is 11.4 Å². The second-order valence-electron chi connectivity index (χ2n) is 4.05. The summed E-state index contributed by atoms with van der Waals surface area (Å²) in [5.74, 6) is -0.0507. The van der Waals surface area contributed by atoms with Gasteiger partial charge in [-0.2, -0.15) is 0 Å². The predicted octanol–water partition coefficient (Wildman–Crippen LogP) is -0.0318. The lowest BCUT2D eigenvalue weighted by Gasteiger charge is -2.05. The molecule has 100 valence electrons. The van der Waals surface area contributed by atoms with Gasteiger partial charge in [0.2, 0.25) is 5.91 Å². The van der Waals surface area contributed by atoms with Crippen LogP contribution >= 0.6 is 0 Å². The van der Waals surface area contributed by atoms with Crippen LogP contribution in [0.5, 0.6) is 0 Å². The highest BCUT2D eigenvalue weighted by Gasteiger charge is 2.06. The van der Waals surface area contributed by atoms with Crippen LogP contribution in [0.15, 0.2) is 29.2 Å². The van der Waals surface area contributed by atoms with Crippen LogP contribution in [-0.4, -0.2) is 40.7 Å². The number of benzene rings is 1. The van der Waals surface area contributed by atoms with Gasteiger partial charge in [0.15, 0.2) is 9.84 Å². The van der Waals surface area contributed by atoms with E-state index in [9.17, 15) is 13.2 Å². The molecule has 0 saturated carbocycles. The van der Waals surface area contributed by atoms with E-state index in [4.69, 9.17) is 0 Å². The van der Waals surface area contributed by atoms with Gasteiger partial charge in [0.1, 0.15) is 0 Å². The highest BCUT2D eigenvalue weighted by Crippen LogP contribution is 2.10. The lowest BCUT2D eigenvalue weighted by Crippen LogP contribution is -2.33. The third-order valence-electron chi connectivity index (χ3n) is 2.42. The number of likely N-dealkylation sites (N-methyl/N-ethyl adjacent to an activating group) is 1. The molecular formula is C12H18N2O3S. The van der Waals surface area contributed by atoms with Crippen molar-refractivity contribution in [1.82, 2.24) is 10.6 Å². The number of sulfone groups is 1. The molecule has 18 heavy (non-hydrogen) atoms. The lowest BCUT2D eigenvalue weighted by molar-refractivity contribution is -0.120. The van der Waals surface area contributed by atoms with E-state index in [1.54, 1.807) is 31.3 Å². The zero-order valence-corrected chi connectivity index (χ0v) is 11.4. The molecule has 6 heteroatoms. The maximum absolute atomic E-state index is 11.3. The lowest BCUT2D eigenvalue weighted by atomic mass is 10.1. The number of nitrogens with one attached hydrogen (secondary N) is 2. The van der Waals surface area contributed by atoms with Gasteiger partial charge < -0.3 is 10.6 Å². The molecule has 1 amide bonds. The van der Waals surface area contributed by atoms with E-state index in [1.165, 1.54) is 6.26 Å². The van der Waals surface area contributed by atoms with Crippen molar-refractivity contribution in [2.24, 2.45) is 0 Å². The number of hydrogen-bond acceptors (Lipinski definition) is 4. The van der Waals surface area contributed by atoms with Crippen LogP contribution in [-0.2, 0) is 21.1 Å². The molecule has 0 atom stereocenters. The summed E-state index contributed by atoms with van der Waals surface area (Å²) in [6.07, 6.45) is 1.86. The third kappa shape index (κ3) is 4.85. The van der Waals surface area contributed by atoms with Gasteiger partial charge in [-0.3, -0.25) is 4.79 Å². The van der Waals surface area contributed by atoms with Crippen LogP contribution in [0.1, 0.15) is 5.56 Å². The molecule has 1 aromatic rings. The summed E-state index contributed by atoms with van der Waals surface area (Å²) in [6, 6.07) is 6.70. The van der Waals surface area contributed by atoms with Gasteiger partial charge >= 0.3 is 0 Å². The zero-order chi connectivity index (χ0) is 13.6. The maximum atomic E-state index is 11.3. The quantitative estimate of drug-likeness (QED) is 0.761. The summed E-state index contributed by atoms with van der Waals surface area (Å²) in [4.78, 5) is 11.5. The number of amides is 1. The SMILES string of the molecule is CNCC(=O)NCCc1ccc(S(C)(=O)=O)cc1. The highest BCUT2D eigenvalue weighted by molar-refractivity contribution is 7.90. The van der Waals surface area contributed by atoms with E-state index in [0.29, 0.717) is 24.4 Å². The minimum Gasteiger partial charge on any atom is -0.355 e. The smallest absolute Gasteiger partial charge is 0.233 e. The molecule has 5 nitrogen and oxygen atoms in total. The van der Waals surface area contributed by atoms with E-state index >= 15 is 0 Å². The van der Waals surface area contributed by atoms with Crippen molar-refractivity contribution in [1.29, 1.82) is 0 Å². The molecule has 0 saturated heterocycles. The minimum atomic E-state index is -3.14. The van der Waals surface area contributed by atoms with Crippen molar-refractivity contribution in [3.8, 4) is 0 Å². The van der Waals surface area contributed by atoms with Crippen LogP contribution < -0.4 is 10.6 Å². The second kappa shape index (κ2) is 6.51. The van der Waals surface area contributed by atoms with Crippen molar-refractivity contribution >= 4 is 15.7 Å². The Morgan fingerprint density at radius 3 is 2.33 bits per heavy atom. The molecule has 0 aromatic heterocycles. The molecule has 0 aliphatic heterocycles. The van der Waals surface area contributed by atoms with Gasteiger partial charge in [-0.1, -0.05) is 12.1 Å². The summed E-state index contributed by atoms with van der Waals surface area (Å²) in [6.45, 7) is 0.839. The van der Waals surface area contributed by atoms with Crippen molar-refractivity contribution in [3.05, 3.63) is 29.8 Å². The number of hydrogen-bond donors (Lipinski definition) is 2. The Kier molecular flexibility index (Phi) is 5.30. The van der Waals surface area contributed by atoms with Crippen LogP contribution in [0, 0.1) is 0 Å². The van der Waals surface area contributed by atoms with Crippen LogP contribution in [0.2, 0.25) is 0 Å².